The first-order valence-corrected chi connectivity index (χ1v) is 18.1. The van der Waals surface area contributed by atoms with E-state index in [9.17, 15) is 25.2 Å². The minimum absolute atomic E-state index is 0.000188. The van der Waals surface area contributed by atoms with E-state index in [4.69, 9.17) is 23.7 Å². The number of fused-ring (bicyclic) bond motifs is 4. The number of carbonyl (C=O) groups excluding carboxylic acids is 1. The molecule has 3 aliphatic heterocycles. The lowest BCUT2D eigenvalue weighted by Crippen LogP contribution is -2.59. The van der Waals surface area contributed by atoms with Crippen LogP contribution in [0.2, 0.25) is 0 Å². The standard InChI is InChI=1S/C37H56O10/c1-18-15-21-28(32(5,6)42)47-37(46-21)27(18)33(7)13-14-36-17-35(36)12-11-24(45-29-25(40)26(44-19(2)38)20(39)16-43-29)31(3,4)22(35)9-10-23(36)34(33,8)30(37)41/h10,18,20-22,24-30,39-42H,9,11-17H2,1-8H3. The van der Waals surface area contributed by atoms with Gasteiger partial charge < -0.3 is 44.1 Å². The average Bonchev–Trinajstić information content (AvgIpc) is 3.49. The van der Waals surface area contributed by atoms with Crippen LogP contribution in [0.15, 0.2) is 11.6 Å². The normalized spacial score (nSPS) is 57.1. The molecule has 0 radical (unpaired) electrons. The Balaban J connectivity index is 1.10. The fourth-order valence-electron chi connectivity index (χ4n) is 13.5. The predicted octanol–water partition coefficient (Wildman–Crippen LogP) is 3.61. The molecule has 0 aromatic rings. The Morgan fingerprint density at radius 2 is 1.79 bits per heavy atom. The summed E-state index contributed by atoms with van der Waals surface area (Å²) in [6.07, 6.45) is 2.77. The van der Waals surface area contributed by atoms with E-state index in [1.807, 2.05) is 0 Å². The van der Waals surface area contributed by atoms with Crippen molar-refractivity contribution in [1.82, 2.24) is 0 Å². The second-order valence-electron chi connectivity index (χ2n) is 18.4. The summed E-state index contributed by atoms with van der Waals surface area (Å²) < 4.78 is 31.2. The van der Waals surface area contributed by atoms with Crippen molar-refractivity contribution in [3.05, 3.63) is 11.6 Å². The average molecular weight is 661 g/mol. The molecule has 8 rings (SSSR count). The molecule has 0 aromatic carbocycles. The highest BCUT2D eigenvalue weighted by Gasteiger charge is 2.86. The van der Waals surface area contributed by atoms with Crippen molar-refractivity contribution in [1.29, 1.82) is 0 Å². The van der Waals surface area contributed by atoms with E-state index in [-0.39, 0.29) is 52.3 Å². The van der Waals surface area contributed by atoms with Gasteiger partial charge in [0.15, 0.2) is 18.2 Å². The van der Waals surface area contributed by atoms with Crippen molar-refractivity contribution in [3.8, 4) is 0 Å². The Bertz CT molecular complexity index is 1370. The van der Waals surface area contributed by atoms with E-state index < -0.39 is 59.6 Å². The zero-order valence-electron chi connectivity index (χ0n) is 29.3. The van der Waals surface area contributed by atoms with Gasteiger partial charge in [-0.05, 0) is 92.3 Å². The molecule has 3 spiro atoms. The van der Waals surface area contributed by atoms with Gasteiger partial charge in [-0.2, -0.15) is 0 Å². The largest absolute Gasteiger partial charge is 0.457 e. The van der Waals surface area contributed by atoms with Crippen LogP contribution in [-0.4, -0.2) is 93.4 Å². The van der Waals surface area contributed by atoms with Crippen molar-refractivity contribution in [2.45, 2.75) is 161 Å². The molecule has 8 aliphatic rings. The zero-order valence-corrected chi connectivity index (χ0v) is 29.3. The van der Waals surface area contributed by atoms with Crippen molar-refractivity contribution in [2.75, 3.05) is 6.61 Å². The highest BCUT2D eigenvalue weighted by atomic mass is 16.8. The van der Waals surface area contributed by atoms with Gasteiger partial charge in [0, 0.05) is 18.3 Å². The fraction of sp³-hybridized carbons (Fsp3) is 0.919. The number of aliphatic hydroxyl groups excluding tert-OH is 3. The maximum Gasteiger partial charge on any atom is 0.303 e. The summed E-state index contributed by atoms with van der Waals surface area (Å²) in [6.45, 7) is 16.2. The number of hydrogen-bond acceptors (Lipinski definition) is 10. The minimum atomic E-state index is -1.29. The topological polar surface area (TPSA) is 144 Å². The fourth-order valence-corrected chi connectivity index (χ4v) is 13.5. The maximum atomic E-state index is 12.7. The van der Waals surface area contributed by atoms with E-state index in [1.165, 1.54) is 12.5 Å². The Labute approximate surface area is 278 Å². The molecule has 4 N–H and O–H groups in total. The number of hydrogen-bond donors (Lipinski definition) is 4. The van der Waals surface area contributed by atoms with Crippen LogP contribution in [0.25, 0.3) is 0 Å². The van der Waals surface area contributed by atoms with Crippen molar-refractivity contribution in [3.63, 3.8) is 0 Å². The summed E-state index contributed by atoms with van der Waals surface area (Å²) in [5.41, 5.74) is -0.600. The smallest absolute Gasteiger partial charge is 0.303 e. The third-order valence-electron chi connectivity index (χ3n) is 15.5. The number of rotatable bonds is 4. The van der Waals surface area contributed by atoms with Crippen LogP contribution >= 0.6 is 0 Å². The number of carbonyl (C=O) groups is 1. The predicted molar refractivity (Wildman–Crippen MR) is 168 cm³/mol. The van der Waals surface area contributed by atoms with Gasteiger partial charge in [-0.1, -0.05) is 46.3 Å². The van der Waals surface area contributed by atoms with Crippen LogP contribution < -0.4 is 0 Å². The van der Waals surface area contributed by atoms with Crippen LogP contribution in [0.4, 0.5) is 0 Å². The number of ether oxygens (including phenoxy) is 5. The molecule has 47 heavy (non-hydrogen) atoms. The van der Waals surface area contributed by atoms with E-state index in [0.29, 0.717) is 5.92 Å². The molecule has 3 saturated heterocycles. The Morgan fingerprint density at radius 3 is 2.47 bits per heavy atom. The first-order valence-electron chi connectivity index (χ1n) is 18.1. The van der Waals surface area contributed by atoms with Gasteiger partial charge in [0.2, 0.25) is 0 Å². The summed E-state index contributed by atoms with van der Waals surface area (Å²) in [4.78, 5) is 11.7. The summed E-state index contributed by atoms with van der Waals surface area (Å²) in [6, 6.07) is 0. The Kier molecular flexibility index (Phi) is 6.90. The van der Waals surface area contributed by atoms with E-state index in [2.05, 4.69) is 40.7 Å². The van der Waals surface area contributed by atoms with Crippen molar-refractivity contribution in [2.24, 2.45) is 44.8 Å². The monoisotopic (exact) mass is 660 g/mol. The second kappa shape index (κ2) is 9.81. The first-order chi connectivity index (χ1) is 21.8. The molecular weight excluding hydrogens is 604 g/mol. The third kappa shape index (κ3) is 3.88. The lowest BCUT2D eigenvalue weighted by Gasteiger charge is -2.60. The van der Waals surface area contributed by atoms with Crippen LogP contribution in [0.5, 0.6) is 0 Å². The molecule has 3 heterocycles. The van der Waals surface area contributed by atoms with Gasteiger partial charge in [-0.3, -0.25) is 4.79 Å². The molecule has 16 unspecified atom stereocenters. The Morgan fingerprint density at radius 1 is 1.06 bits per heavy atom. The number of esters is 1. The molecule has 10 nitrogen and oxygen atoms in total. The summed E-state index contributed by atoms with van der Waals surface area (Å²) in [5.74, 6) is -1.07. The number of allylic oxidation sites excluding steroid dienone is 1. The molecule has 0 aromatic heterocycles. The van der Waals surface area contributed by atoms with Crippen LogP contribution in [0.3, 0.4) is 0 Å². The summed E-state index contributed by atoms with van der Waals surface area (Å²) in [5, 5.41) is 45.1. The molecule has 16 atom stereocenters. The molecule has 2 bridgehead atoms. The van der Waals surface area contributed by atoms with Crippen molar-refractivity contribution < 1.29 is 48.9 Å². The van der Waals surface area contributed by atoms with Crippen molar-refractivity contribution >= 4 is 5.97 Å². The molecule has 0 amide bonds. The SMILES string of the molecule is CC(=O)OC1C(O)COC(OC2CCC34CC35CCC3(C)C6C(C)CC7OC6(OC7C(C)(C)O)C(O)C3(C)C5=CCC4C2(C)C)C1O. The number of aliphatic hydroxyl groups is 4. The summed E-state index contributed by atoms with van der Waals surface area (Å²) in [7, 11) is 0. The first kappa shape index (κ1) is 33.1. The van der Waals surface area contributed by atoms with Gasteiger partial charge in [0.25, 0.3) is 0 Å². The van der Waals surface area contributed by atoms with E-state index >= 15 is 0 Å². The van der Waals surface area contributed by atoms with Gasteiger partial charge in [-0.15, -0.1) is 0 Å². The zero-order chi connectivity index (χ0) is 33.9. The van der Waals surface area contributed by atoms with Gasteiger partial charge in [0.05, 0.1) is 24.4 Å². The van der Waals surface area contributed by atoms with Crippen LogP contribution in [-0.2, 0) is 28.5 Å². The molecular formula is C37H56O10. The minimum Gasteiger partial charge on any atom is -0.457 e. The molecule has 5 aliphatic carbocycles. The lowest BCUT2D eigenvalue weighted by atomic mass is 9.44. The van der Waals surface area contributed by atoms with E-state index in [0.717, 1.165) is 44.9 Å². The molecule has 264 valence electrons. The second-order valence-corrected chi connectivity index (χ2v) is 18.4. The quantitative estimate of drug-likeness (QED) is 0.261. The van der Waals surface area contributed by atoms with Gasteiger partial charge >= 0.3 is 5.97 Å². The highest BCUT2D eigenvalue weighted by Crippen LogP contribution is 2.89. The van der Waals surface area contributed by atoms with Crippen LogP contribution in [0.1, 0.15) is 100 Å². The van der Waals surface area contributed by atoms with E-state index in [1.54, 1.807) is 13.8 Å². The summed E-state index contributed by atoms with van der Waals surface area (Å²) >= 11 is 0. The third-order valence-corrected chi connectivity index (χ3v) is 15.5. The van der Waals surface area contributed by atoms with Gasteiger partial charge in [0.1, 0.15) is 24.4 Å². The maximum absolute atomic E-state index is 12.7. The highest BCUT2D eigenvalue weighted by molar-refractivity contribution is 5.66. The Hall–Kier alpha value is -1.11. The molecule has 4 saturated carbocycles. The lowest BCUT2D eigenvalue weighted by molar-refractivity contribution is -0.302. The molecule has 7 fully saturated rings. The molecule has 10 heteroatoms. The van der Waals surface area contributed by atoms with Crippen LogP contribution in [0, 0.1) is 44.8 Å². The van der Waals surface area contributed by atoms with Gasteiger partial charge in [-0.25, -0.2) is 0 Å².